The number of benzene rings is 2. The third-order valence-corrected chi connectivity index (χ3v) is 9.76. The normalized spacial score (nSPS) is 31.1. The lowest BCUT2D eigenvalue weighted by atomic mass is 9.78. The van der Waals surface area contributed by atoms with Gasteiger partial charge in [0.05, 0.1) is 15.4 Å². The molecule has 2 bridgehead atoms. The molecule has 0 aromatic heterocycles. The van der Waals surface area contributed by atoms with E-state index in [2.05, 4.69) is 27.9 Å². The van der Waals surface area contributed by atoms with Gasteiger partial charge in [-0.1, -0.05) is 30.3 Å². The number of carbonyl (C=O) groups excluding carboxylic acids is 3. The summed E-state index contributed by atoms with van der Waals surface area (Å²) in [6.45, 7) is 1.43. The van der Waals surface area contributed by atoms with Crippen LogP contribution in [0, 0.1) is 30.8 Å². The number of hydrogen-bond donors (Lipinski definition) is 2. The van der Waals surface area contributed by atoms with E-state index in [9.17, 15) is 19.5 Å². The van der Waals surface area contributed by atoms with Crippen molar-refractivity contribution in [3.63, 3.8) is 0 Å². The van der Waals surface area contributed by atoms with Gasteiger partial charge in [0.1, 0.15) is 29.1 Å². The van der Waals surface area contributed by atoms with E-state index in [0.717, 1.165) is 9.13 Å². The van der Waals surface area contributed by atoms with Crippen LogP contribution in [0.3, 0.4) is 0 Å². The summed E-state index contributed by atoms with van der Waals surface area (Å²) in [5.41, 5.74) is 0.214. The first-order chi connectivity index (χ1) is 17.8. The van der Waals surface area contributed by atoms with Crippen LogP contribution < -0.4 is 5.32 Å². The van der Waals surface area contributed by atoms with Crippen molar-refractivity contribution in [1.82, 2.24) is 5.32 Å². The number of phenols is 1. The smallest absolute Gasteiger partial charge is 0.342 e. The van der Waals surface area contributed by atoms with Crippen LogP contribution in [0.2, 0.25) is 0 Å². The number of carbonyl (C=O) groups is 3. The fraction of sp³-hybridized carbons (Fsp3) is 0.444. The zero-order chi connectivity index (χ0) is 25.9. The highest BCUT2D eigenvalue weighted by Gasteiger charge is 2.70. The average Bonchev–Trinajstić information content (AvgIpc) is 3.51. The molecule has 8 nitrogen and oxygen atoms in total. The Kier molecular flexibility index (Phi) is 6.63. The summed E-state index contributed by atoms with van der Waals surface area (Å²) in [6, 6.07) is 13.0. The number of nitrogens with one attached hydrogen (secondary N) is 1. The van der Waals surface area contributed by atoms with E-state index in [1.807, 2.05) is 52.9 Å². The fourth-order valence-electron chi connectivity index (χ4n) is 6.66. The topological polar surface area (TPSA) is 111 Å². The van der Waals surface area contributed by atoms with E-state index in [0.29, 0.717) is 35.9 Å². The molecule has 6 rings (SSSR count). The van der Waals surface area contributed by atoms with E-state index in [-0.39, 0.29) is 23.1 Å². The van der Waals surface area contributed by atoms with Gasteiger partial charge in [0.15, 0.2) is 0 Å². The molecule has 2 saturated carbocycles. The molecular formula is C27H25I2NO7. The minimum Gasteiger partial charge on any atom is -0.506 e. The molecule has 6 atom stereocenters. The molecule has 4 aliphatic rings. The highest BCUT2D eigenvalue weighted by atomic mass is 127. The molecule has 2 aromatic carbocycles. The zero-order valence-corrected chi connectivity index (χ0v) is 24.0. The van der Waals surface area contributed by atoms with Gasteiger partial charge in [-0.25, -0.2) is 4.79 Å². The lowest BCUT2D eigenvalue weighted by molar-refractivity contribution is -0.175. The number of rotatable bonds is 5. The number of esters is 3. The van der Waals surface area contributed by atoms with Gasteiger partial charge in [0.2, 0.25) is 0 Å². The van der Waals surface area contributed by atoms with E-state index >= 15 is 0 Å². The van der Waals surface area contributed by atoms with Gasteiger partial charge in [0.25, 0.3) is 0 Å². The second kappa shape index (κ2) is 9.67. The molecule has 2 N–H and O–H groups in total. The third-order valence-electron chi connectivity index (χ3n) is 8.32. The van der Waals surface area contributed by atoms with Crippen LogP contribution in [0.1, 0.15) is 35.2 Å². The molecule has 0 spiro atoms. The van der Waals surface area contributed by atoms with Crippen LogP contribution in [-0.2, 0) is 29.4 Å². The number of phenolic OH excluding ortho intramolecular Hbond substituents is 1. The van der Waals surface area contributed by atoms with Crippen LogP contribution in [0.5, 0.6) is 5.75 Å². The molecule has 194 valence electrons. The standard InChI is InChI=1S/C27H25I2NO7/c28-14-10-17(21(31)18(29)11-14)24(32)35-22-16-12-15-19(25(33)36-23(15)22)20(16)26(34)37-27(6-8-30-9-7-27)13-4-2-1-3-5-13/h1-5,10-11,15-16,19-20,22-23,30-31H,6-9,12H2. The van der Waals surface area contributed by atoms with Crippen molar-refractivity contribution in [2.45, 2.75) is 37.1 Å². The number of piperidine rings is 1. The summed E-state index contributed by atoms with van der Waals surface area (Å²) >= 11 is 4.03. The summed E-state index contributed by atoms with van der Waals surface area (Å²) in [6.07, 6.45) is 0.457. The van der Waals surface area contributed by atoms with E-state index in [1.165, 1.54) is 0 Å². The van der Waals surface area contributed by atoms with Crippen LogP contribution in [-0.4, -0.2) is 48.3 Å². The number of fused-ring (bicyclic) bond motifs is 1. The minimum absolute atomic E-state index is 0.0526. The molecule has 0 radical (unpaired) electrons. The third kappa shape index (κ3) is 4.22. The molecule has 2 heterocycles. The molecule has 2 aliphatic heterocycles. The molecule has 10 heteroatoms. The van der Waals surface area contributed by atoms with E-state index in [4.69, 9.17) is 14.2 Å². The van der Waals surface area contributed by atoms with Gasteiger partial charge in [0, 0.05) is 28.2 Å². The van der Waals surface area contributed by atoms with Crippen molar-refractivity contribution >= 4 is 63.1 Å². The van der Waals surface area contributed by atoms with Crippen molar-refractivity contribution in [2.75, 3.05) is 13.1 Å². The zero-order valence-electron chi connectivity index (χ0n) is 19.7. The summed E-state index contributed by atoms with van der Waals surface area (Å²) in [4.78, 5) is 39.8. The highest BCUT2D eigenvalue weighted by Crippen LogP contribution is 2.59. The molecule has 2 aliphatic carbocycles. The Labute approximate surface area is 241 Å². The first kappa shape index (κ1) is 25.4. The molecule has 37 heavy (non-hydrogen) atoms. The lowest BCUT2D eigenvalue weighted by Crippen LogP contribution is -2.48. The van der Waals surface area contributed by atoms with Crippen molar-refractivity contribution in [3.8, 4) is 5.75 Å². The predicted molar refractivity (Wildman–Crippen MR) is 148 cm³/mol. The predicted octanol–water partition coefficient (Wildman–Crippen LogP) is 3.76. The maximum absolute atomic E-state index is 13.8. The quantitative estimate of drug-likeness (QED) is 0.272. The van der Waals surface area contributed by atoms with Crippen LogP contribution in [0.4, 0.5) is 0 Å². The molecule has 6 unspecified atom stereocenters. The van der Waals surface area contributed by atoms with Crippen molar-refractivity contribution in [1.29, 1.82) is 0 Å². The largest absolute Gasteiger partial charge is 0.506 e. The van der Waals surface area contributed by atoms with Gasteiger partial charge < -0.3 is 24.6 Å². The molecule has 2 saturated heterocycles. The number of ether oxygens (including phenoxy) is 3. The second-order valence-electron chi connectivity index (χ2n) is 10.2. The summed E-state index contributed by atoms with van der Waals surface area (Å²) in [5, 5.41) is 13.8. The second-order valence-corrected chi connectivity index (χ2v) is 12.6. The Balaban J connectivity index is 1.27. The van der Waals surface area contributed by atoms with Crippen molar-refractivity contribution in [2.24, 2.45) is 23.7 Å². The lowest BCUT2D eigenvalue weighted by Gasteiger charge is -2.39. The van der Waals surface area contributed by atoms with Gasteiger partial charge >= 0.3 is 17.9 Å². The Morgan fingerprint density at radius 1 is 1.08 bits per heavy atom. The average molecular weight is 729 g/mol. The van der Waals surface area contributed by atoms with Crippen LogP contribution in [0.15, 0.2) is 42.5 Å². The van der Waals surface area contributed by atoms with Crippen LogP contribution in [0.25, 0.3) is 0 Å². The Bertz CT molecular complexity index is 1260. The van der Waals surface area contributed by atoms with Crippen molar-refractivity contribution < 1.29 is 33.7 Å². The monoisotopic (exact) mass is 729 g/mol. The first-order valence-corrected chi connectivity index (χ1v) is 14.5. The Morgan fingerprint density at radius 3 is 2.54 bits per heavy atom. The van der Waals surface area contributed by atoms with Crippen molar-refractivity contribution in [3.05, 3.63) is 60.7 Å². The van der Waals surface area contributed by atoms with E-state index < -0.39 is 47.6 Å². The summed E-state index contributed by atoms with van der Waals surface area (Å²) in [7, 11) is 0. The number of aromatic hydroxyl groups is 1. The van der Waals surface area contributed by atoms with Gasteiger partial charge in [-0.3, -0.25) is 9.59 Å². The maximum Gasteiger partial charge on any atom is 0.342 e. The first-order valence-electron chi connectivity index (χ1n) is 12.4. The molecule has 4 fully saturated rings. The SMILES string of the molecule is O=C(OC1C2CC3C1OC(=O)C3C2C(=O)OC1(c2ccccc2)CCNCC1)c1cc(I)cc(I)c1O. The molecule has 0 amide bonds. The fourth-order valence-corrected chi connectivity index (χ4v) is 8.50. The Hall–Kier alpha value is -1.93. The molecular weight excluding hydrogens is 704 g/mol. The number of halogens is 2. The maximum atomic E-state index is 13.8. The number of hydrogen-bond acceptors (Lipinski definition) is 8. The summed E-state index contributed by atoms with van der Waals surface area (Å²) in [5.74, 6) is -3.62. The minimum atomic E-state index is -0.775. The molecule has 2 aromatic rings. The summed E-state index contributed by atoms with van der Waals surface area (Å²) < 4.78 is 19.2. The van der Waals surface area contributed by atoms with Gasteiger partial charge in [-0.2, -0.15) is 0 Å². The van der Waals surface area contributed by atoms with Gasteiger partial charge in [-0.15, -0.1) is 0 Å². The highest BCUT2D eigenvalue weighted by molar-refractivity contribution is 14.1. The Morgan fingerprint density at radius 2 is 1.81 bits per heavy atom. The van der Waals surface area contributed by atoms with Gasteiger partial charge in [-0.05, 0) is 82.4 Å². The van der Waals surface area contributed by atoms with Crippen LogP contribution >= 0.6 is 45.2 Å². The van der Waals surface area contributed by atoms with E-state index in [1.54, 1.807) is 12.1 Å².